The van der Waals surface area contributed by atoms with Gasteiger partial charge in [0.05, 0.1) is 34.2 Å². The van der Waals surface area contributed by atoms with Crippen LogP contribution in [0.25, 0.3) is 21.4 Å². The van der Waals surface area contributed by atoms with E-state index >= 15 is 0 Å². The Morgan fingerprint density at radius 1 is 1.16 bits per heavy atom. The first-order valence-corrected chi connectivity index (χ1v) is 13.8. The van der Waals surface area contributed by atoms with Gasteiger partial charge < -0.3 is 9.47 Å². The minimum atomic E-state index is -0.345. The van der Waals surface area contributed by atoms with Crippen LogP contribution in [0.1, 0.15) is 55.9 Å². The average Bonchev–Trinajstić information content (AvgIpc) is 3.51. The fourth-order valence-corrected chi connectivity index (χ4v) is 6.42. The fourth-order valence-electron chi connectivity index (χ4n) is 5.63. The molecule has 11 heteroatoms. The maximum atomic E-state index is 13.2. The third kappa shape index (κ3) is 4.22. The molecule has 0 spiro atoms. The van der Waals surface area contributed by atoms with E-state index in [1.807, 2.05) is 6.92 Å². The summed E-state index contributed by atoms with van der Waals surface area (Å²) in [5, 5.41) is 25.0. The second-order valence-electron chi connectivity index (χ2n) is 9.86. The molecule has 0 amide bonds. The van der Waals surface area contributed by atoms with Crippen LogP contribution in [0.2, 0.25) is 0 Å². The zero-order valence-corrected chi connectivity index (χ0v) is 23.2. The van der Waals surface area contributed by atoms with Gasteiger partial charge in [0.1, 0.15) is 34.0 Å². The maximum Gasteiger partial charge on any atom is 0.271 e. The van der Waals surface area contributed by atoms with Crippen LogP contribution in [0.5, 0.6) is 0 Å². The molecule has 3 atom stereocenters. The molecule has 4 aromatic heterocycles. The molecule has 1 aliphatic heterocycles. The van der Waals surface area contributed by atoms with E-state index in [0.29, 0.717) is 23.3 Å². The molecule has 1 saturated heterocycles. The van der Waals surface area contributed by atoms with Crippen LogP contribution in [-0.4, -0.2) is 54.4 Å². The van der Waals surface area contributed by atoms with Crippen molar-refractivity contribution in [3.63, 3.8) is 0 Å². The number of fused-ring (bicyclic) bond motifs is 2. The van der Waals surface area contributed by atoms with Crippen LogP contribution in [0.15, 0.2) is 23.1 Å². The van der Waals surface area contributed by atoms with Gasteiger partial charge in [-0.2, -0.15) is 15.6 Å². The molecule has 4 aromatic rings. The summed E-state index contributed by atoms with van der Waals surface area (Å²) in [6.07, 6.45) is 3.45. The molecular weight excluding hydrogens is 498 g/mol. The normalized spacial score (nSPS) is 19.1. The Hall–Kier alpha value is -3.80. The van der Waals surface area contributed by atoms with Crippen molar-refractivity contribution in [2.75, 3.05) is 18.0 Å². The standard InChI is InChI=1S/C27H31N9OS/c1-6-18-14-36(25-20(12-29)27(37)33(5)23-15-34(11-10-28)32-24(23)25)19(7-2)13-35(18)16(3)21-8-9-22-26(31-21)38-17(4)30-22/h8-9,15-16,18-19H,6-7,11,13-14H2,1-5H3/t16-,18+,19-/m0/s1. The molecule has 196 valence electrons. The molecule has 0 saturated carbocycles. The lowest BCUT2D eigenvalue weighted by atomic mass is 9.97. The molecule has 0 bridgehead atoms. The van der Waals surface area contributed by atoms with Gasteiger partial charge in [-0.15, -0.1) is 0 Å². The molecule has 0 unspecified atom stereocenters. The van der Waals surface area contributed by atoms with Gasteiger partial charge >= 0.3 is 0 Å². The van der Waals surface area contributed by atoms with E-state index in [0.717, 1.165) is 40.4 Å². The minimum Gasteiger partial charge on any atom is -0.363 e. The highest BCUT2D eigenvalue weighted by Gasteiger charge is 2.38. The number of thiazole rings is 1. The first-order chi connectivity index (χ1) is 18.3. The third-order valence-corrected chi connectivity index (χ3v) is 8.59. The van der Waals surface area contributed by atoms with E-state index in [9.17, 15) is 15.3 Å². The van der Waals surface area contributed by atoms with Crippen LogP contribution >= 0.6 is 11.3 Å². The summed E-state index contributed by atoms with van der Waals surface area (Å²) in [6, 6.07) is 8.76. The van der Waals surface area contributed by atoms with Gasteiger partial charge in [-0.25, -0.2) is 9.97 Å². The summed E-state index contributed by atoms with van der Waals surface area (Å²) in [7, 11) is 1.65. The summed E-state index contributed by atoms with van der Waals surface area (Å²) in [5.74, 6) is 0. The van der Waals surface area contributed by atoms with Gasteiger partial charge in [-0.05, 0) is 38.8 Å². The summed E-state index contributed by atoms with van der Waals surface area (Å²) in [5.41, 5.74) is 3.50. The lowest BCUT2D eigenvalue weighted by Gasteiger charge is -2.49. The Morgan fingerprint density at radius 3 is 2.61 bits per heavy atom. The van der Waals surface area contributed by atoms with Crippen molar-refractivity contribution in [1.82, 2.24) is 29.2 Å². The number of nitrogens with zero attached hydrogens (tertiary/aromatic N) is 9. The molecule has 38 heavy (non-hydrogen) atoms. The van der Waals surface area contributed by atoms with E-state index < -0.39 is 0 Å². The lowest BCUT2D eigenvalue weighted by Crippen LogP contribution is -2.59. The largest absolute Gasteiger partial charge is 0.363 e. The summed E-state index contributed by atoms with van der Waals surface area (Å²) >= 11 is 1.61. The number of rotatable bonds is 6. The number of pyridine rings is 2. The number of nitriles is 2. The van der Waals surface area contributed by atoms with Crippen LogP contribution in [-0.2, 0) is 13.6 Å². The third-order valence-electron chi connectivity index (χ3n) is 7.71. The van der Waals surface area contributed by atoms with Crippen molar-refractivity contribution in [2.24, 2.45) is 7.05 Å². The second kappa shape index (κ2) is 10.2. The van der Waals surface area contributed by atoms with E-state index in [2.05, 4.69) is 64.9 Å². The number of hydrogen-bond acceptors (Lipinski definition) is 9. The quantitative estimate of drug-likeness (QED) is 0.369. The molecule has 0 radical (unpaired) electrons. The highest BCUT2D eigenvalue weighted by atomic mass is 32.1. The summed E-state index contributed by atoms with van der Waals surface area (Å²) in [4.78, 5) is 28.4. The molecule has 1 aliphatic rings. The van der Waals surface area contributed by atoms with E-state index in [4.69, 9.17) is 4.98 Å². The zero-order valence-electron chi connectivity index (χ0n) is 22.3. The maximum absolute atomic E-state index is 13.2. The molecule has 10 nitrogen and oxygen atoms in total. The van der Waals surface area contributed by atoms with Gasteiger partial charge in [0.25, 0.3) is 5.56 Å². The highest BCUT2D eigenvalue weighted by molar-refractivity contribution is 7.18. The first-order valence-electron chi connectivity index (χ1n) is 12.9. The monoisotopic (exact) mass is 529 g/mol. The highest BCUT2D eigenvalue weighted by Crippen LogP contribution is 2.36. The van der Waals surface area contributed by atoms with E-state index in [1.54, 1.807) is 24.6 Å². The SMILES string of the molecule is CC[C@H]1CN([C@@H](C)c2ccc3nc(C)sc3n2)[C@H](CC)CN1c1c(C#N)c(=O)n(C)c2cn(CC#N)nc12. The van der Waals surface area contributed by atoms with Gasteiger partial charge in [-0.1, -0.05) is 25.2 Å². The fraction of sp³-hybridized carbons (Fsp3) is 0.481. The topological polar surface area (TPSA) is 120 Å². The second-order valence-corrected chi connectivity index (χ2v) is 11.0. The zero-order chi connectivity index (χ0) is 27.1. The molecule has 1 fully saturated rings. The van der Waals surface area contributed by atoms with Crippen molar-refractivity contribution >= 4 is 38.4 Å². The number of hydrogen-bond donors (Lipinski definition) is 0. The minimum absolute atomic E-state index is 0.0677. The molecular formula is C27H31N9OS. The molecule has 0 aromatic carbocycles. The Kier molecular flexibility index (Phi) is 6.91. The molecule has 0 N–H and O–H groups in total. The predicted octanol–water partition coefficient (Wildman–Crippen LogP) is 3.88. The summed E-state index contributed by atoms with van der Waals surface area (Å²) in [6.45, 7) is 10.00. The molecule has 0 aliphatic carbocycles. The van der Waals surface area contributed by atoms with Crippen LogP contribution in [0, 0.1) is 29.6 Å². The Labute approximate surface area is 225 Å². The van der Waals surface area contributed by atoms with Crippen molar-refractivity contribution in [2.45, 2.75) is 65.2 Å². The summed E-state index contributed by atoms with van der Waals surface area (Å²) < 4.78 is 2.99. The van der Waals surface area contributed by atoms with E-state index in [1.165, 1.54) is 9.25 Å². The number of aromatic nitrogens is 5. The van der Waals surface area contributed by atoms with Gasteiger partial charge in [0.2, 0.25) is 0 Å². The van der Waals surface area contributed by atoms with Crippen LogP contribution in [0.3, 0.4) is 0 Å². The number of aryl methyl sites for hydroxylation is 2. The lowest BCUT2D eigenvalue weighted by molar-refractivity contribution is 0.0993. The van der Waals surface area contributed by atoms with Crippen LogP contribution in [0.4, 0.5) is 5.69 Å². The van der Waals surface area contributed by atoms with Gasteiger partial charge in [0, 0.05) is 38.3 Å². The van der Waals surface area contributed by atoms with Crippen molar-refractivity contribution in [3.05, 3.63) is 44.9 Å². The van der Waals surface area contributed by atoms with E-state index in [-0.39, 0.29) is 35.8 Å². The predicted molar refractivity (Wildman–Crippen MR) is 148 cm³/mol. The van der Waals surface area contributed by atoms with Crippen molar-refractivity contribution in [1.29, 1.82) is 10.5 Å². The Bertz CT molecular complexity index is 1650. The molecule has 5 heterocycles. The number of piperazine rings is 1. The molecule has 5 rings (SSSR count). The smallest absolute Gasteiger partial charge is 0.271 e. The Morgan fingerprint density at radius 2 is 1.92 bits per heavy atom. The van der Waals surface area contributed by atoms with Crippen molar-refractivity contribution < 1.29 is 0 Å². The first kappa shape index (κ1) is 25.8. The van der Waals surface area contributed by atoms with Crippen LogP contribution < -0.4 is 10.5 Å². The van der Waals surface area contributed by atoms with Gasteiger partial charge in [-0.3, -0.25) is 14.4 Å². The average molecular weight is 530 g/mol. The van der Waals surface area contributed by atoms with Crippen molar-refractivity contribution in [3.8, 4) is 12.1 Å². The Balaban J connectivity index is 1.57. The van der Waals surface area contributed by atoms with Gasteiger partial charge in [0.15, 0.2) is 0 Å². The number of anilines is 1.